The fourth-order valence-electron chi connectivity index (χ4n) is 6.87. The number of carbonyl (C=O) groups excluding carboxylic acids is 3. The number of hydrogen-bond donors (Lipinski definition) is 8. The Morgan fingerprint density at radius 1 is 1.13 bits per heavy atom. The summed E-state index contributed by atoms with van der Waals surface area (Å²) in [5.41, 5.74) is 0.658. The first kappa shape index (κ1) is 24.6. The smallest absolute Gasteiger partial charge is 0.252 e. The van der Waals surface area contributed by atoms with Gasteiger partial charge in [-0.05, 0) is 35.4 Å². The summed E-state index contributed by atoms with van der Waals surface area (Å²) in [7, 11) is 0. The lowest BCUT2D eigenvalue weighted by molar-refractivity contribution is -0.232. The largest absolute Gasteiger partial charge is 0.361 e. The van der Waals surface area contributed by atoms with E-state index in [1.54, 1.807) is 6.07 Å². The third-order valence-corrected chi connectivity index (χ3v) is 8.89. The van der Waals surface area contributed by atoms with Gasteiger partial charge < -0.3 is 36.4 Å². The van der Waals surface area contributed by atoms with Crippen molar-refractivity contribution in [1.29, 1.82) is 10.8 Å². The standard InChI is InChI=1S/C25H32N8O5/c1-23(2)9-8-12-13(4-3-5-14(12)23)20(36)29-16-11-33-22(27)28-15(10-32-17(34)6-7-18(32)35)19-24(33,25(16,37)38)31-21(26)30-19/h3-5,15-16,19,37-38H,6-11H2,1-2H3,(H2,27,28)(H,29,36)(H3,26,30,31)/t15-,16?,19?,24?/m0/s1. The van der Waals surface area contributed by atoms with Gasteiger partial charge in [0, 0.05) is 24.9 Å². The van der Waals surface area contributed by atoms with Crippen molar-refractivity contribution in [3.63, 3.8) is 0 Å². The molecule has 13 heteroatoms. The topological polar surface area (TPSA) is 194 Å². The maximum Gasteiger partial charge on any atom is 0.252 e. The number of nitrogens with zero attached hydrogens (tertiary/aromatic N) is 2. The van der Waals surface area contributed by atoms with Crippen LogP contribution in [0.3, 0.4) is 0 Å². The Morgan fingerprint density at radius 3 is 2.55 bits per heavy atom. The average molecular weight is 525 g/mol. The maximum atomic E-state index is 13.5. The van der Waals surface area contributed by atoms with E-state index in [0.29, 0.717) is 5.56 Å². The number of benzene rings is 1. The lowest BCUT2D eigenvalue weighted by Gasteiger charge is -2.51. The van der Waals surface area contributed by atoms with Crippen molar-refractivity contribution in [3.05, 3.63) is 34.9 Å². The summed E-state index contributed by atoms with van der Waals surface area (Å²) in [4.78, 5) is 40.5. The minimum Gasteiger partial charge on any atom is -0.361 e. The van der Waals surface area contributed by atoms with Crippen molar-refractivity contribution in [3.8, 4) is 0 Å². The molecule has 13 nitrogen and oxygen atoms in total. The van der Waals surface area contributed by atoms with Gasteiger partial charge in [0.15, 0.2) is 17.6 Å². The van der Waals surface area contributed by atoms with Crippen LogP contribution in [0, 0.1) is 10.8 Å². The van der Waals surface area contributed by atoms with E-state index in [0.717, 1.165) is 28.9 Å². The predicted octanol–water partition coefficient (Wildman–Crippen LogP) is -1.75. The summed E-state index contributed by atoms with van der Waals surface area (Å²) in [6.07, 6.45) is 1.85. The molecule has 202 valence electrons. The summed E-state index contributed by atoms with van der Waals surface area (Å²) in [5.74, 6) is -4.14. The van der Waals surface area contributed by atoms with Crippen LogP contribution in [0.25, 0.3) is 0 Å². The second-order valence-corrected chi connectivity index (χ2v) is 11.5. The molecule has 4 atom stereocenters. The third kappa shape index (κ3) is 3.21. The molecule has 3 unspecified atom stereocenters. The van der Waals surface area contributed by atoms with E-state index in [1.165, 1.54) is 4.90 Å². The van der Waals surface area contributed by atoms with Gasteiger partial charge in [-0.2, -0.15) is 0 Å². The van der Waals surface area contributed by atoms with Crippen LogP contribution in [0.5, 0.6) is 0 Å². The van der Waals surface area contributed by atoms with Crippen molar-refractivity contribution < 1.29 is 24.6 Å². The molecule has 4 saturated heterocycles. The fourth-order valence-corrected chi connectivity index (χ4v) is 6.87. The predicted molar refractivity (Wildman–Crippen MR) is 134 cm³/mol. The van der Waals surface area contributed by atoms with Gasteiger partial charge in [-0.3, -0.25) is 30.1 Å². The van der Waals surface area contributed by atoms with Crippen LogP contribution < -0.4 is 21.3 Å². The lowest BCUT2D eigenvalue weighted by atomic mass is 9.84. The first-order valence-corrected chi connectivity index (χ1v) is 12.8. The van der Waals surface area contributed by atoms with Crippen molar-refractivity contribution in [2.45, 2.75) is 74.5 Å². The Hall–Kier alpha value is -3.71. The van der Waals surface area contributed by atoms with Crippen molar-refractivity contribution >= 4 is 29.6 Å². The molecule has 4 heterocycles. The van der Waals surface area contributed by atoms with Gasteiger partial charge in [0.1, 0.15) is 6.04 Å². The Morgan fingerprint density at radius 2 is 1.84 bits per heavy atom. The third-order valence-electron chi connectivity index (χ3n) is 8.89. The monoisotopic (exact) mass is 524 g/mol. The van der Waals surface area contributed by atoms with Gasteiger partial charge in [0.2, 0.25) is 17.6 Å². The van der Waals surface area contributed by atoms with Gasteiger partial charge in [0.25, 0.3) is 5.91 Å². The van der Waals surface area contributed by atoms with E-state index in [-0.39, 0.29) is 55.1 Å². The van der Waals surface area contributed by atoms with E-state index < -0.39 is 35.5 Å². The van der Waals surface area contributed by atoms with Gasteiger partial charge in [0.05, 0.1) is 18.6 Å². The van der Waals surface area contributed by atoms with E-state index in [4.69, 9.17) is 10.8 Å². The summed E-state index contributed by atoms with van der Waals surface area (Å²) in [6, 6.07) is 2.62. The summed E-state index contributed by atoms with van der Waals surface area (Å²) in [5, 5.41) is 51.6. The second-order valence-electron chi connectivity index (χ2n) is 11.5. The molecule has 1 spiro atoms. The first-order valence-electron chi connectivity index (χ1n) is 12.8. The highest BCUT2D eigenvalue weighted by atomic mass is 16.5. The molecule has 3 amide bonds. The second kappa shape index (κ2) is 7.90. The fraction of sp³-hybridized carbons (Fsp3) is 0.560. The normalized spacial score (nSPS) is 32.4. The number of guanidine groups is 2. The highest BCUT2D eigenvalue weighted by Crippen LogP contribution is 2.44. The Balaban J connectivity index is 1.31. The molecular weight excluding hydrogens is 492 g/mol. The molecule has 4 fully saturated rings. The van der Waals surface area contributed by atoms with Crippen molar-refractivity contribution in [2.24, 2.45) is 0 Å². The molecule has 8 N–H and O–H groups in total. The van der Waals surface area contributed by atoms with Crippen LogP contribution in [-0.4, -0.2) is 92.3 Å². The quantitative estimate of drug-likeness (QED) is 0.167. The van der Waals surface area contributed by atoms with Crippen molar-refractivity contribution in [2.75, 3.05) is 13.1 Å². The number of fused-ring (bicyclic) bond motifs is 1. The number of amides is 3. The number of likely N-dealkylation sites (tertiary alicyclic amines) is 1. The summed E-state index contributed by atoms with van der Waals surface area (Å²) < 4.78 is 0. The van der Waals surface area contributed by atoms with Crippen LogP contribution in [0.4, 0.5) is 0 Å². The van der Waals surface area contributed by atoms with Gasteiger partial charge in [-0.25, -0.2) is 0 Å². The number of hydrogen-bond acceptors (Lipinski definition) is 7. The zero-order valence-electron chi connectivity index (χ0n) is 21.2. The van der Waals surface area contributed by atoms with E-state index in [1.807, 2.05) is 12.1 Å². The average Bonchev–Trinajstić information content (AvgIpc) is 3.54. The van der Waals surface area contributed by atoms with Crippen molar-refractivity contribution in [1.82, 2.24) is 31.1 Å². The minimum atomic E-state index is -2.63. The van der Waals surface area contributed by atoms with E-state index in [9.17, 15) is 24.6 Å². The molecule has 0 radical (unpaired) electrons. The number of imide groups is 1. The molecule has 0 aromatic heterocycles. The summed E-state index contributed by atoms with van der Waals surface area (Å²) in [6.45, 7) is 4.03. The molecule has 38 heavy (non-hydrogen) atoms. The van der Waals surface area contributed by atoms with Gasteiger partial charge in [-0.15, -0.1) is 0 Å². The van der Waals surface area contributed by atoms with Crippen LogP contribution >= 0.6 is 0 Å². The molecule has 1 aliphatic carbocycles. The molecule has 6 rings (SSSR count). The number of nitrogens with one attached hydrogen (secondary N) is 6. The highest BCUT2D eigenvalue weighted by Gasteiger charge is 2.74. The SMILES string of the molecule is CC1(C)CCc2c(C(=O)NC3CN4C(=N)N[C@@H](CN5C(=O)CCC5=O)C5NC(=N)NC54C3(O)O)cccc21. The lowest BCUT2D eigenvalue weighted by Crippen LogP contribution is -2.81. The minimum absolute atomic E-state index is 0.0583. The number of carbonyl (C=O) groups is 3. The molecule has 1 aromatic carbocycles. The first-order chi connectivity index (χ1) is 17.9. The van der Waals surface area contributed by atoms with Gasteiger partial charge in [-0.1, -0.05) is 26.0 Å². The zero-order chi connectivity index (χ0) is 27.2. The molecule has 5 aliphatic rings. The number of rotatable bonds is 4. The van der Waals surface area contributed by atoms with Crippen LogP contribution in [0.2, 0.25) is 0 Å². The molecular formula is C25H32N8O5. The Kier molecular flexibility index (Phi) is 5.12. The molecule has 1 aromatic rings. The zero-order valence-corrected chi connectivity index (χ0v) is 21.2. The van der Waals surface area contributed by atoms with E-state index >= 15 is 0 Å². The molecule has 0 bridgehead atoms. The highest BCUT2D eigenvalue weighted by molar-refractivity contribution is 6.02. The van der Waals surface area contributed by atoms with Crippen LogP contribution in [0.15, 0.2) is 18.2 Å². The number of aliphatic hydroxyl groups is 2. The maximum absolute atomic E-state index is 13.5. The van der Waals surface area contributed by atoms with Crippen LogP contribution in [0.1, 0.15) is 54.6 Å². The Labute approximate surface area is 218 Å². The molecule has 4 aliphatic heterocycles. The molecule has 0 saturated carbocycles. The van der Waals surface area contributed by atoms with E-state index in [2.05, 4.69) is 35.1 Å². The Bertz CT molecular complexity index is 1280. The van der Waals surface area contributed by atoms with Gasteiger partial charge >= 0.3 is 0 Å². The summed E-state index contributed by atoms with van der Waals surface area (Å²) >= 11 is 0. The van der Waals surface area contributed by atoms with Crippen LogP contribution in [-0.2, 0) is 21.4 Å².